The van der Waals surface area contributed by atoms with E-state index in [4.69, 9.17) is 4.74 Å². The van der Waals surface area contributed by atoms with E-state index in [1.807, 2.05) is 0 Å². The Labute approximate surface area is 129 Å². The maximum atomic E-state index is 5.47. The monoisotopic (exact) mass is 290 g/mol. The van der Waals surface area contributed by atoms with E-state index in [0.29, 0.717) is 6.04 Å². The Hall–Kier alpha value is -0.900. The molecule has 0 bridgehead atoms. The molecule has 1 aromatic rings. The molecule has 2 rings (SSSR count). The van der Waals surface area contributed by atoms with Crippen molar-refractivity contribution in [2.24, 2.45) is 5.41 Å². The topological polar surface area (TPSA) is 24.5 Å². The minimum atomic E-state index is 0.188. The minimum absolute atomic E-state index is 0.188. The zero-order valence-corrected chi connectivity index (χ0v) is 13.8. The quantitative estimate of drug-likeness (QED) is 0.835. The molecule has 1 aromatic carbocycles. The Morgan fingerprint density at radius 2 is 1.86 bits per heavy atom. The molecule has 1 saturated heterocycles. The van der Waals surface area contributed by atoms with Crippen LogP contribution in [0.5, 0.6) is 0 Å². The smallest absolute Gasteiger partial charge is 0.0594 e. The summed E-state index contributed by atoms with van der Waals surface area (Å²) >= 11 is 0. The Kier molecular flexibility index (Phi) is 6.22. The van der Waals surface area contributed by atoms with Gasteiger partial charge in [0, 0.05) is 25.7 Å². The van der Waals surface area contributed by atoms with Gasteiger partial charge in [0.15, 0.2) is 0 Å². The van der Waals surface area contributed by atoms with Gasteiger partial charge in [-0.2, -0.15) is 0 Å². The molecule has 0 amide bonds. The van der Waals surface area contributed by atoms with Crippen molar-refractivity contribution in [2.45, 2.75) is 33.2 Å². The number of hydrogen-bond donors (Lipinski definition) is 1. The van der Waals surface area contributed by atoms with E-state index >= 15 is 0 Å². The summed E-state index contributed by atoms with van der Waals surface area (Å²) in [6.45, 7) is 13.0. The SMILES string of the molecule is CCCNC(c1ccccc1)C(C)(C)CN1CCOCC1. The van der Waals surface area contributed by atoms with E-state index in [1.165, 1.54) is 5.56 Å². The molecule has 21 heavy (non-hydrogen) atoms. The molecule has 1 heterocycles. The first-order chi connectivity index (χ1) is 10.1. The largest absolute Gasteiger partial charge is 0.379 e. The molecule has 1 fully saturated rings. The highest BCUT2D eigenvalue weighted by atomic mass is 16.5. The molecular weight excluding hydrogens is 260 g/mol. The number of hydrogen-bond acceptors (Lipinski definition) is 3. The summed E-state index contributed by atoms with van der Waals surface area (Å²) < 4.78 is 5.47. The predicted octanol–water partition coefficient (Wildman–Crippen LogP) is 3.09. The lowest BCUT2D eigenvalue weighted by Gasteiger charge is -2.40. The fourth-order valence-electron chi connectivity index (χ4n) is 3.21. The second-order valence-corrected chi connectivity index (χ2v) is 6.67. The number of rotatable bonds is 7. The third-order valence-electron chi connectivity index (χ3n) is 4.25. The molecule has 3 nitrogen and oxygen atoms in total. The third-order valence-corrected chi connectivity index (χ3v) is 4.25. The van der Waals surface area contributed by atoms with Crippen LogP contribution in [-0.2, 0) is 4.74 Å². The van der Waals surface area contributed by atoms with E-state index in [1.54, 1.807) is 0 Å². The summed E-state index contributed by atoms with van der Waals surface area (Å²) in [5.41, 5.74) is 1.58. The first kappa shape index (κ1) is 16.5. The van der Waals surface area contributed by atoms with Crippen LogP contribution in [0.4, 0.5) is 0 Å². The van der Waals surface area contributed by atoms with E-state index in [-0.39, 0.29) is 5.41 Å². The first-order valence-corrected chi connectivity index (χ1v) is 8.22. The molecular formula is C18H30N2O. The van der Waals surface area contributed by atoms with Crippen LogP contribution < -0.4 is 5.32 Å². The molecule has 3 heteroatoms. The third kappa shape index (κ3) is 4.80. The lowest BCUT2D eigenvalue weighted by molar-refractivity contribution is 0.0147. The zero-order chi connectivity index (χ0) is 15.1. The lowest BCUT2D eigenvalue weighted by atomic mass is 9.79. The first-order valence-electron chi connectivity index (χ1n) is 8.22. The Balaban J connectivity index is 2.09. The Morgan fingerprint density at radius 3 is 2.48 bits per heavy atom. The highest BCUT2D eigenvalue weighted by Gasteiger charge is 2.32. The maximum Gasteiger partial charge on any atom is 0.0594 e. The summed E-state index contributed by atoms with van der Waals surface area (Å²) in [5.74, 6) is 0. The minimum Gasteiger partial charge on any atom is -0.379 e. The van der Waals surface area contributed by atoms with Crippen molar-refractivity contribution in [3.8, 4) is 0 Å². The van der Waals surface area contributed by atoms with Gasteiger partial charge in [0.05, 0.1) is 13.2 Å². The molecule has 1 aliphatic heterocycles. The molecule has 0 spiro atoms. The average molecular weight is 290 g/mol. The van der Waals surface area contributed by atoms with Gasteiger partial charge in [0.2, 0.25) is 0 Å². The van der Waals surface area contributed by atoms with E-state index in [2.05, 4.69) is 61.3 Å². The fourth-order valence-corrected chi connectivity index (χ4v) is 3.21. The standard InChI is InChI=1S/C18H30N2O/c1-4-10-19-17(16-8-6-5-7-9-16)18(2,3)15-20-11-13-21-14-12-20/h5-9,17,19H,4,10-15H2,1-3H3. The van der Waals surface area contributed by atoms with Crippen molar-refractivity contribution in [3.63, 3.8) is 0 Å². The lowest BCUT2D eigenvalue weighted by Crippen LogP contribution is -2.46. The van der Waals surface area contributed by atoms with Crippen LogP contribution in [0.25, 0.3) is 0 Å². The van der Waals surface area contributed by atoms with Crippen LogP contribution >= 0.6 is 0 Å². The van der Waals surface area contributed by atoms with Crippen LogP contribution in [0.2, 0.25) is 0 Å². The number of ether oxygens (including phenoxy) is 1. The summed E-state index contributed by atoms with van der Waals surface area (Å²) in [5, 5.41) is 3.76. The molecule has 1 aliphatic rings. The van der Waals surface area contributed by atoms with Crippen molar-refractivity contribution in [1.29, 1.82) is 0 Å². The van der Waals surface area contributed by atoms with Crippen molar-refractivity contribution >= 4 is 0 Å². The normalized spacial score (nSPS) is 18.6. The molecule has 0 radical (unpaired) electrons. The summed E-state index contributed by atoms with van der Waals surface area (Å²) in [6, 6.07) is 11.3. The molecule has 0 aliphatic carbocycles. The van der Waals surface area contributed by atoms with E-state index in [9.17, 15) is 0 Å². The second kappa shape index (κ2) is 7.92. The van der Waals surface area contributed by atoms with Gasteiger partial charge in [-0.1, -0.05) is 51.1 Å². The van der Waals surface area contributed by atoms with E-state index < -0.39 is 0 Å². The van der Waals surface area contributed by atoms with Gasteiger partial charge in [0.1, 0.15) is 0 Å². The summed E-state index contributed by atoms with van der Waals surface area (Å²) in [4.78, 5) is 2.53. The van der Waals surface area contributed by atoms with Crippen LogP contribution in [0.3, 0.4) is 0 Å². The van der Waals surface area contributed by atoms with E-state index in [0.717, 1.165) is 45.8 Å². The predicted molar refractivity (Wildman–Crippen MR) is 88.5 cm³/mol. The number of nitrogens with zero attached hydrogens (tertiary/aromatic N) is 1. The molecule has 0 aromatic heterocycles. The summed E-state index contributed by atoms with van der Waals surface area (Å²) in [6.07, 6.45) is 1.16. The van der Waals surface area contributed by atoms with Crippen molar-refractivity contribution in [1.82, 2.24) is 10.2 Å². The fraction of sp³-hybridized carbons (Fsp3) is 0.667. The number of morpholine rings is 1. The van der Waals surface area contributed by atoms with Crippen LogP contribution in [0.1, 0.15) is 38.8 Å². The highest BCUT2D eigenvalue weighted by molar-refractivity contribution is 5.21. The average Bonchev–Trinajstić information content (AvgIpc) is 2.49. The number of benzene rings is 1. The Bertz CT molecular complexity index is 399. The van der Waals surface area contributed by atoms with Gasteiger partial charge in [-0.05, 0) is 23.9 Å². The number of nitrogens with one attached hydrogen (secondary N) is 1. The second-order valence-electron chi connectivity index (χ2n) is 6.67. The van der Waals surface area contributed by atoms with Crippen molar-refractivity contribution < 1.29 is 4.74 Å². The molecule has 1 atom stereocenters. The van der Waals surface area contributed by atoms with Gasteiger partial charge in [0.25, 0.3) is 0 Å². The maximum absolute atomic E-state index is 5.47. The zero-order valence-electron chi connectivity index (χ0n) is 13.8. The van der Waals surface area contributed by atoms with Crippen molar-refractivity contribution in [2.75, 3.05) is 39.4 Å². The van der Waals surface area contributed by atoms with Gasteiger partial charge in [-0.25, -0.2) is 0 Å². The van der Waals surface area contributed by atoms with Gasteiger partial charge in [-0.15, -0.1) is 0 Å². The van der Waals surface area contributed by atoms with Gasteiger partial charge >= 0.3 is 0 Å². The van der Waals surface area contributed by atoms with Crippen LogP contribution in [0.15, 0.2) is 30.3 Å². The van der Waals surface area contributed by atoms with Crippen LogP contribution in [0, 0.1) is 5.41 Å². The molecule has 118 valence electrons. The highest BCUT2D eigenvalue weighted by Crippen LogP contribution is 2.34. The van der Waals surface area contributed by atoms with Crippen LogP contribution in [-0.4, -0.2) is 44.3 Å². The molecule has 0 saturated carbocycles. The summed E-state index contributed by atoms with van der Waals surface area (Å²) in [7, 11) is 0. The van der Waals surface area contributed by atoms with Gasteiger partial charge in [-0.3, -0.25) is 4.90 Å². The molecule has 1 unspecified atom stereocenters. The van der Waals surface area contributed by atoms with Gasteiger partial charge < -0.3 is 10.1 Å². The Morgan fingerprint density at radius 1 is 1.19 bits per heavy atom. The molecule has 1 N–H and O–H groups in total. The van der Waals surface area contributed by atoms with Crippen molar-refractivity contribution in [3.05, 3.63) is 35.9 Å².